The predicted molar refractivity (Wildman–Crippen MR) is 75.9 cm³/mol. The average molecular weight is 276 g/mol. The molecule has 0 aliphatic carbocycles. The van der Waals surface area contributed by atoms with Crippen molar-refractivity contribution < 1.29 is 9.53 Å². The first-order valence-electron chi connectivity index (χ1n) is 6.04. The van der Waals surface area contributed by atoms with Gasteiger partial charge in [0.25, 0.3) is 0 Å². The van der Waals surface area contributed by atoms with Gasteiger partial charge in [-0.25, -0.2) is 10.8 Å². The van der Waals surface area contributed by atoms with Gasteiger partial charge in [0.2, 0.25) is 11.9 Å². The molecule has 6 N–H and O–H groups in total. The number of hydrogen-bond acceptors (Lipinski definition) is 7. The minimum absolute atomic E-state index is 0.0954. The number of carbonyl (C=O) groups excluding carboxylic acids is 1. The van der Waals surface area contributed by atoms with E-state index in [1.54, 1.807) is 0 Å². The SMILES string of the molecule is NNc1nc(NCCOCC(N)=O)c2ccccc2n1. The summed E-state index contributed by atoms with van der Waals surface area (Å²) < 4.78 is 5.06. The number of nitrogens with one attached hydrogen (secondary N) is 2. The van der Waals surface area contributed by atoms with Crippen LogP contribution in [0.2, 0.25) is 0 Å². The van der Waals surface area contributed by atoms with Crippen LogP contribution < -0.4 is 22.3 Å². The molecule has 0 atom stereocenters. The summed E-state index contributed by atoms with van der Waals surface area (Å²) in [5.74, 6) is 5.82. The van der Waals surface area contributed by atoms with Gasteiger partial charge in [0, 0.05) is 11.9 Å². The van der Waals surface area contributed by atoms with Crippen molar-refractivity contribution in [3.63, 3.8) is 0 Å². The number of hydrazine groups is 1. The maximum atomic E-state index is 10.5. The van der Waals surface area contributed by atoms with Gasteiger partial charge in [-0.05, 0) is 12.1 Å². The fourth-order valence-corrected chi connectivity index (χ4v) is 1.69. The van der Waals surface area contributed by atoms with E-state index in [2.05, 4.69) is 20.7 Å². The molecular formula is C12H16N6O2. The molecule has 106 valence electrons. The molecule has 20 heavy (non-hydrogen) atoms. The number of amides is 1. The van der Waals surface area contributed by atoms with Crippen LogP contribution in [0, 0.1) is 0 Å². The van der Waals surface area contributed by atoms with Gasteiger partial charge < -0.3 is 15.8 Å². The first-order chi connectivity index (χ1) is 9.70. The maximum absolute atomic E-state index is 10.5. The van der Waals surface area contributed by atoms with Crippen molar-refractivity contribution in [2.24, 2.45) is 11.6 Å². The Morgan fingerprint density at radius 3 is 2.85 bits per heavy atom. The van der Waals surface area contributed by atoms with Gasteiger partial charge in [-0.1, -0.05) is 12.1 Å². The summed E-state index contributed by atoms with van der Waals surface area (Å²) in [6, 6.07) is 7.56. The highest BCUT2D eigenvalue weighted by molar-refractivity contribution is 5.89. The Morgan fingerprint density at radius 2 is 2.10 bits per heavy atom. The Morgan fingerprint density at radius 1 is 1.30 bits per heavy atom. The minimum atomic E-state index is -0.493. The molecule has 8 heteroatoms. The standard InChI is InChI=1S/C12H16N6O2/c13-10(19)7-20-6-5-15-11-8-3-1-2-4-9(8)16-12(17-11)18-14/h1-4H,5-7,14H2,(H2,13,19)(H2,15,16,17,18). The van der Waals surface area contributed by atoms with Crippen LogP contribution in [-0.4, -0.2) is 35.6 Å². The van der Waals surface area contributed by atoms with Crippen molar-refractivity contribution in [2.75, 3.05) is 30.5 Å². The molecule has 2 rings (SSSR count). The Balaban J connectivity index is 2.06. The summed E-state index contributed by atoms with van der Waals surface area (Å²) >= 11 is 0. The van der Waals surface area contributed by atoms with Gasteiger partial charge in [-0.3, -0.25) is 10.2 Å². The summed E-state index contributed by atoms with van der Waals surface area (Å²) in [5, 5.41) is 3.99. The number of hydrogen-bond donors (Lipinski definition) is 4. The average Bonchev–Trinajstić information content (AvgIpc) is 2.46. The zero-order valence-corrected chi connectivity index (χ0v) is 10.8. The van der Waals surface area contributed by atoms with Crippen molar-refractivity contribution in [3.05, 3.63) is 24.3 Å². The number of benzene rings is 1. The van der Waals surface area contributed by atoms with Gasteiger partial charge in [-0.2, -0.15) is 4.98 Å². The quantitative estimate of drug-likeness (QED) is 0.314. The lowest BCUT2D eigenvalue weighted by atomic mass is 10.2. The van der Waals surface area contributed by atoms with Gasteiger partial charge in [0.05, 0.1) is 12.1 Å². The van der Waals surface area contributed by atoms with E-state index in [4.69, 9.17) is 16.3 Å². The summed E-state index contributed by atoms with van der Waals surface area (Å²) in [4.78, 5) is 19.0. The van der Waals surface area contributed by atoms with Gasteiger partial charge in [0.1, 0.15) is 12.4 Å². The lowest BCUT2D eigenvalue weighted by Crippen LogP contribution is -2.21. The lowest BCUT2D eigenvalue weighted by molar-refractivity contribution is -0.122. The Hall–Kier alpha value is -2.45. The number of ether oxygens (including phenoxy) is 1. The largest absolute Gasteiger partial charge is 0.370 e. The third kappa shape index (κ3) is 3.53. The molecule has 1 heterocycles. The lowest BCUT2D eigenvalue weighted by Gasteiger charge is -2.10. The second-order valence-corrected chi connectivity index (χ2v) is 4.00. The fourth-order valence-electron chi connectivity index (χ4n) is 1.69. The second-order valence-electron chi connectivity index (χ2n) is 4.00. The van der Waals surface area contributed by atoms with Crippen molar-refractivity contribution in [3.8, 4) is 0 Å². The third-order valence-corrected chi connectivity index (χ3v) is 2.52. The van der Waals surface area contributed by atoms with Gasteiger partial charge >= 0.3 is 0 Å². The molecule has 8 nitrogen and oxygen atoms in total. The number of para-hydroxylation sites is 1. The van der Waals surface area contributed by atoms with Crippen LogP contribution in [0.15, 0.2) is 24.3 Å². The molecule has 1 amide bonds. The summed E-state index contributed by atoms with van der Waals surface area (Å²) in [6.45, 7) is 0.729. The molecule has 0 saturated carbocycles. The van der Waals surface area contributed by atoms with Crippen molar-refractivity contribution in [2.45, 2.75) is 0 Å². The smallest absolute Gasteiger partial charge is 0.243 e. The van der Waals surface area contributed by atoms with Crippen LogP contribution >= 0.6 is 0 Å². The Kier molecular flexibility index (Phi) is 4.64. The summed E-state index contributed by atoms with van der Waals surface area (Å²) in [5.41, 5.74) is 8.17. The number of fused-ring (bicyclic) bond motifs is 1. The molecule has 0 aliphatic rings. The zero-order chi connectivity index (χ0) is 14.4. The highest BCUT2D eigenvalue weighted by Gasteiger charge is 2.06. The number of nitrogens with two attached hydrogens (primary N) is 2. The zero-order valence-electron chi connectivity index (χ0n) is 10.8. The van der Waals surface area contributed by atoms with E-state index in [9.17, 15) is 4.79 Å². The topological polar surface area (TPSA) is 128 Å². The normalized spacial score (nSPS) is 10.4. The van der Waals surface area contributed by atoms with E-state index in [1.807, 2.05) is 24.3 Å². The van der Waals surface area contributed by atoms with Gasteiger partial charge in [-0.15, -0.1) is 0 Å². The van der Waals surface area contributed by atoms with Crippen LogP contribution in [0.4, 0.5) is 11.8 Å². The molecule has 0 saturated heterocycles. The van der Waals surface area contributed by atoms with E-state index in [-0.39, 0.29) is 6.61 Å². The second kappa shape index (κ2) is 6.64. The molecule has 0 spiro atoms. The monoisotopic (exact) mass is 276 g/mol. The number of anilines is 2. The Labute approximate surface area is 115 Å². The molecule has 0 bridgehead atoms. The summed E-state index contributed by atoms with van der Waals surface area (Å²) in [6.07, 6.45) is 0. The maximum Gasteiger partial charge on any atom is 0.243 e. The minimum Gasteiger partial charge on any atom is -0.370 e. The van der Waals surface area contributed by atoms with Crippen LogP contribution in [0.5, 0.6) is 0 Å². The van der Waals surface area contributed by atoms with Crippen LogP contribution in [0.25, 0.3) is 10.9 Å². The number of primary amides is 1. The number of rotatable bonds is 7. The van der Waals surface area contributed by atoms with E-state index in [0.717, 1.165) is 10.9 Å². The van der Waals surface area contributed by atoms with E-state index >= 15 is 0 Å². The van der Waals surface area contributed by atoms with Crippen LogP contribution in [0.1, 0.15) is 0 Å². The molecule has 0 radical (unpaired) electrons. The number of carbonyl (C=O) groups is 1. The predicted octanol–water partition coefficient (Wildman–Crippen LogP) is -0.171. The van der Waals surface area contributed by atoms with E-state index in [1.165, 1.54) is 0 Å². The molecule has 0 unspecified atom stereocenters. The highest BCUT2D eigenvalue weighted by Crippen LogP contribution is 2.21. The van der Waals surface area contributed by atoms with Crippen LogP contribution in [0.3, 0.4) is 0 Å². The molecule has 0 aliphatic heterocycles. The Bertz CT molecular complexity index is 604. The van der Waals surface area contributed by atoms with Crippen molar-refractivity contribution >= 4 is 28.6 Å². The van der Waals surface area contributed by atoms with E-state index < -0.39 is 5.91 Å². The van der Waals surface area contributed by atoms with Gasteiger partial charge in [0.15, 0.2) is 0 Å². The van der Waals surface area contributed by atoms with Crippen molar-refractivity contribution in [1.82, 2.24) is 9.97 Å². The van der Waals surface area contributed by atoms with Crippen LogP contribution in [-0.2, 0) is 9.53 Å². The highest BCUT2D eigenvalue weighted by atomic mass is 16.5. The fraction of sp³-hybridized carbons (Fsp3) is 0.250. The molecule has 1 aromatic heterocycles. The third-order valence-electron chi connectivity index (χ3n) is 2.52. The first-order valence-corrected chi connectivity index (χ1v) is 6.04. The number of aromatic nitrogens is 2. The molecule has 0 fully saturated rings. The number of nitrogens with zero attached hydrogens (tertiary/aromatic N) is 2. The molecular weight excluding hydrogens is 260 g/mol. The molecule has 1 aromatic carbocycles. The molecule has 2 aromatic rings. The summed E-state index contributed by atoms with van der Waals surface area (Å²) in [7, 11) is 0. The van der Waals surface area contributed by atoms with Crippen molar-refractivity contribution in [1.29, 1.82) is 0 Å². The first kappa shape index (κ1) is 14.0. The van der Waals surface area contributed by atoms with E-state index in [0.29, 0.717) is 24.9 Å². The number of nitrogen functional groups attached to an aromatic ring is 1.